The molecular formula is C18H28N2O2. The summed E-state index contributed by atoms with van der Waals surface area (Å²) >= 11 is 0. The van der Waals surface area contributed by atoms with E-state index < -0.39 is 0 Å². The molecule has 122 valence electrons. The van der Waals surface area contributed by atoms with Crippen molar-refractivity contribution in [1.29, 1.82) is 0 Å². The van der Waals surface area contributed by atoms with Gasteiger partial charge in [-0.25, -0.2) is 0 Å². The van der Waals surface area contributed by atoms with Crippen LogP contribution in [0.1, 0.15) is 45.1 Å². The number of rotatable bonds is 6. The number of ether oxygens (including phenoxy) is 1. The molecule has 1 aromatic carbocycles. The quantitative estimate of drug-likeness (QED) is 0.849. The van der Waals surface area contributed by atoms with Crippen LogP contribution in [0.5, 0.6) is 5.75 Å². The van der Waals surface area contributed by atoms with E-state index in [0.29, 0.717) is 5.92 Å². The normalized spacial score (nSPS) is 17.3. The highest BCUT2D eigenvalue weighted by atomic mass is 16.5. The topological polar surface area (TPSA) is 50.4 Å². The van der Waals surface area contributed by atoms with Gasteiger partial charge < -0.3 is 15.4 Å². The third kappa shape index (κ3) is 5.02. The molecule has 0 bridgehead atoms. The number of benzene rings is 1. The second-order valence-corrected chi connectivity index (χ2v) is 6.85. The van der Waals surface area contributed by atoms with Crippen LogP contribution in [0.2, 0.25) is 0 Å². The second-order valence-electron chi connectivity index (χ2n) is 6.85. The molecule has 1 saturated heterocycles. The van der Waals surface area contributed by atoms with Crippen molar-refractivity contribution in [2.45, 2.75) is 39.5 Å². The van der Waals surface area contributed by atoms with E-state index in [1.54, 1.807) is 0 Å². The molecule has 4 heteroatoms. The average molecular weight is 304 g/mol. The fourth-order valence-electron chi connectivity index (χ4n) is 2.68. The van der Waals surface area contributed by atoms with Gasteiger partial charge in [0.2, 0.25) is 0 Å². The Bertz CT molecular complexity index is 494. The predicted octanol–water partition coefficient (Wildman–Crippen LogP) is 2.69. The van der Waals surface area contributed by atoms with Crippen molar-refractivity contribution in [1.82, 2.24) is 10.6 Å². The lowest BCUT2D eigenvalue weighted by molar-refractivity contribution is -0.123. The first-order valence-corrected chi connectivity index (χ1v) is 8.19. The Kier molecular flexibility index (Phi) is 5.83. The number of hydrogen-bond acceptors (Lipinski definition) is 3. The molecule has 2 rings (SSSR count). The third-order valence-electron chi connectivity index (χ3n) is 4.42. The third-order valence-corrected chi connectivity index (χ3v) is 4.42. The SMILES string of the molecule is CC(C)c1cccc(OCC(=O)NCC2(C)CCNCC2)c1. The summed E-state index contributed by atoms with van der Waals surface area (Å²) in [6, 6.07) is 7.95. The molecule has 2 N–H and O–H groups in total. The van der Waals surface area contributed by atoms with Gasteiger partial charge in [-0.15, -0.1) is 0 Å². The molecule has 0 atom stereocenters. The van der Waals surface area contributed by atoms with Crippen LogP contribution in [-0.2, 0) is 4.79 Å². The van der Waals surface area contributed by atoms with E-state index in [-0.39, 0.29) is 17.9 Å². The first-order chi connectivity index (χ1) is 10.5. The highest BCUT2D eigenvalue weighted by Gasteiger charge is 2.26. The summed E-state index contributed by atoms with van der Waals surface area (Å²) in [5.41, 5.74) is 1.43. The summed E-state index contributed by atoms with van der Waals surface area (Å²) in [6.45, 7) is 9.40. The maximum atomic E-state index is 12.0. The summed E-state index contributed by atoms with van der Waals surface area (Å²) in [4.78, 5) is 12.0. The largest absolute Gasteiger partial charge is 0.484 e. The molecule has 1 aliphatic heterocycles. The number of hydrogen-bond donors (Lipinski definition) is 2. The number of piperidine rings is 1. The molecule has 0 saturated carbocycles. The zero-order chi connectivity index (χ0) is 16.0. The summed E-state index contributed by atoms with van der Waals surface area (Å²) in [5, 5.41) is 6.36. The van der Waals surface area contributed by atoms with Crippen molar-refractivity contribution < 1.29 is 9.53 Å². The van der Waals surface area contributed by atoms with Gasteiger partial charge in [0, 0.05) is 6.54 Å². The average Bonchev–Trinajstić information content (AvgIpc) is 2.52. The lowest BCUT2D eigenvalue weighted by Crippen LogP contribution is -2.43. The van der Waals surface area contributed by atoms with Gasteiger partial charge in [0.25, 0.3) is 5.91 Å². The number of amides is 1. The number of carbonyl (C=O) groups is 1. The molecular weight excluding hydrogens is 276 g/mol. The minimum atomic E-state index is -0.0466. The standard InChI is InChI=1S/C18H28N2O2/c1-14(2)15-5-4-6-16(11-15)22-12-17(21)20-13-18(3)7-9-19-10-8-18/h4-6,11,14,19H,7-10,12-13H2,1-3H3,(H,20,21). The van der Waals surface area contributed by atoms with Crippen LogP contribution in [-0.4, -0.2) is 32.1 Å². The summed E-state index contributed by atoms with van der Waals surface area (Å²) in [6.07, 6.45) is 2.20. The van der Waals surface area contributed by atoms with Crippen molar-refractivity contribution in [3.8, 4) is 5.75 Å². The van der Waals surface area contributed by atoms with Crippen LogP contribution in [0.3, 0.4) is 0 Å². The van der Waals surface area contributed by atoms with Gasteiger partial charge in [-0.1, -0.05) is 32.9 Å². The molecule has 1 aromatic rings. The Morgan fingerprint density at radius 1 is 1.36 bits per heavy atom. The van der Waals surface area contributed by atoms with E-state index in [2.05, 4.69) is 37.5 Å². The van der Waals surface area contributed by atoms with Gasteiger partial charge in [0.1, 0.15) is 5.75 Å². The van der Waals surface area contributed by atoms with Gasteiger partial charge in [-0.3, -0.25) is 4.79 Å². The first kappa shape index (κ1) is 16.8. The van der Waals surface area contributed by atoms with Crippen LogP contribution in [0.15, 0.2) is 24.3 Å². The first-order valence-electron chi connectivity index (χ1n) is 8.19. The Morgan fingerprint density at radius 2 is 2.09 bits per heavy atom. The van der Waals surface area contributed by atoms with Gasteiger partial charge >= 0.3 is 0 Å². The Balaban J connectivity index is 1.76. The van der Waals surface area contributed by atoms with Crippen molar-refractivity contribution in [3.05, 3.63) is 29.8 Å². The zero-order valence-corrected chi connectivity index (χ0v) is 13.9. The zero-order valence-electron chi connectivity index (χ0n) is 13.9. The Hall–Kier alpha value is -1.55. The molecule has 1 heterocycles. The highest BCUT2D eigenvalue weighted by Crippen LogP contribution is 2.26. The van der Waals surface area contributed by atoms with E-state index >= 15 is 0 Å². The van der Waals surface area contributed by atoms with E-state index in [9.17, 15) is 4.79 Å². The van der Waals surface area contributed by atoms with Crippen LogP contribution >= 0.6 is 0 Å². The van der Waals surface area contributed by atoms with Crippen molar-refractivity contribution in [2.75, 3.05) is 26.2 Å². The van der Waals surface area contributed by atoms with E-state index in [0.717, 1.165) is 38.2 Å². The van der Waals surface area contributed by atoms with Gasteiger partial charge in [0.15, 0.2) is 6.61 Å². The fraction of sp³-hybridized carbons (Fsp3) is 0.611. The monoisotopic (exact) mass is 304 g/mol. The molecule has 0 spiro atoms. The van der Waals surface area contributed by atoms with E-state index in [4.69, 9.17) is 4.74 Å². The maximum absolute atomic E-state index is 12.0. The molecule has 0 unspecified atom stereocenters. The second kappa shape index (κ2) is 7.63. The Morgan fingerprint density at radius 3 is 2.77 bits per heavy atom. The molecule has 0 aromatic heterocycles. The van der Waals surface area contributed by atoms with Crippen molar-refractivity contribution >= 4 is 5.91 Å². The summed E-state index contributed by atoms with van der Waals surface area (Å²) < 4.78 is 5.61. The maximum Gasteiger partial charge on any atom is 0.257 e. The molecule has 22 heavy (non-hydrogen) atoms. The number of nitrogens with one attached hydrogen (secondary N) is 2. The highest BCUT2D eigenvalue weighted by molar-refractivity contribution is 5.77. The van der Waals surface area contributed by atoms with Crippen molar-refractivity contribution in [3.63, 3.8) is 0 Å². The van der Waals surface area contributed by atoms with E-state index in [1.165, 1.54) is 5.56 Å². The lowest BCUT2D eigenvalue weighted by Gasteiger charge is -2.34. The molecule has 0 radical (unpaired) electrons. The predicted molar refractivity (Wildman–Crippen MR) is 89.2 cm³/mol. The molecule has 1 aliphatic rings. The fourth-order valence-corrected chi connectivity index (χ4v) is 2.68. The van der Waals surface area contributed by atoms with Gasteiger partial charge in [-0.2, -0.15) is 0 Å². The van der Waals surface area contributed by atoms with Crippen LogP contribution in [0.25, 0.3) is 0 Å². The number of carbonyl (C=O) groups excluding carboxylic acids is 1. The summed E-state index contributed by atoms with van der Waals surface area (Å²) in [5.74, 6) is 1.17. The molecule has 1 amide bonds. The Labute approximate surface area is 133 Å². The minimum absolute atomic E-state index is 0.0466. The van der Waals surface area contributed by atoms with Gasteiger partial charge in [0.05, 0.1) is 0 Å². The minimum Gasteiger partial charge on any atom is -0.484 e. The molecule has 1 fully saturated rings. The van der Waals surface area contributed by atoms with Crippen LogP contribution in [0, 0.1) is 5.41 Å². The summed E-state index contributed by atoms with van der Waals surface area (Å²) in [7, 11) is 0. The van der Waals surface area contributed by atoms with Crippen LogP contribution < -0.4 is 15.4 Å². The molecule has 0 aliphatic carbocycles. The lowest BCUT2D eigenvalue weighted by atomic mass is 9.81. The van der Waals surface area contributed by atoms with E-state index in [1.807, 2.05) is 18.2 Å². The van der Waals surface area contributed by atoms with Crippen molar-refractivity contribution in [2.24, 2.45) is 5.41 Å². The van der Waals surface area contributed by atoms with Gasteiger partial charge in [-0.05, 0) is 55.0 Å². The molecule has 4 nitrogen and oxygen atoms in total. The smallest absolute Gasteiger partial charge is 0.257 e. The van der Waals surface area contributed by atoms with Crippen LogP contribution in [0.4, 0.5) is 0 Å².